The summed E-state index contributed by atoms with van der Waals surface area (Å²) in [4.78, 5) is 24.5. The number of anilines is 2. The maximum absolute atomic E-state index is 12.9. The predicted molar refractivity (Wildman–Crippen MR) is 147 cm³/mol. The van der Waals surface area contributed by atoms with Crippen LogP contribution in [0.15, 0.2) is 85.3 Å². The van der Waals surface area contributed by atoms with Gasteiger partial charge in [0.2, 0.25) is 0 Å². The monoisotopic (exact) mass is 475 g/mol. The average molecular weight is 476 g/mol. The van der Waals surface area contributed by atoms with Gasteiger partial charge in [0, 0.05) is 34.9 Å². The molecule has 3 aromatic carbocycles. The Morgan fingerprint density at radius 3 is 2.47 bits per heavy atom. The van der Waals surface area contributed by atoms with E-state index in [-0.39, 0.29) is 0 Å². The highest BCUT2D eigenvalue weighted by Crippen LogP contribution is 2.40. The first-order valence-corrected chi connectivity index (χ1v) is 12.4. The number of fused-ring (bicyclic) bond motifs is 2. The van der Waals surface area contributed by atoms with Gasteiger partial charge in [-0.1, -0.05) is 30.3 Å². The normalized spacial score (nSPS) is 14.9. The lowest BCUT2D eigenvalue weighted by Crippen LogP contribution is -2.31. The summed E-state index contributed by atoms with van der Waals surface area (Å²) in [5.41, 5.74) is 12.1. The number of aromatic amines is 1. The van der Waals surface area contributed by atoms with Crippen molar-refractivity contribution >= 4 is 39.1 Å². The van der Waals surface area contributed by atoms with Crippen molar-refractivity contribution in [3.05, 3.63) is 90.9 Å². The van der Waals surface area contributed by atoms with Crippen molar-refractivity contribution in [3.63, 3.8) is 0 Å². The molecule has 3 N–H and O–H groups in total. The first kappa shape index (κ1) is 22.3. The van der Waals surface area contributed by atoms with Crippen LogP contribution in [0.4, 0.5) is 16.2 Å². The van der Waals surface area contributed by atoms with Crippen molar-refractivity contribution in [3.8, 4) is 11.1 Å². The lowest BCUT2D eigenvalue weighted by molar-refractivity contribution is 0.256. The Balaban J connectivity index is 1.47. The smallest absolute Gasteiger partial charge is 0.323 e. The third kappa shape index (κ3) is 3.89. The number of hydrogen-bond acceptors (Lipinski definition) is 3. The van der Waals surface area contributed by atoms with Crippen molar-refractivity contribution in [1.29, 1.82) is 0 Å². The lowest BCUT2D eigenvalue weighted by Gasteiger charge is -2.29. The Morgan fingerprint density at radius 1 is 0.972 bits per heavy atom. The van der Waals surface area contributed by atoms with E-state index in [1.807, 2.05) is 48.5 Å². The largest absolute Gasteiger partial charge is 0.361 e. The number of aromatic nitrogens is 2. The molecule has 0 bridgehead atoms. The van der Waals surface area contributed by atoms with E-state index in [0.29, 0.717) is 5.92 Å². The molecule has 180 valence electrons. The van der Waals surface area contributed by atoms with Gasteiger partial charge >= 0.3 is 6.03 Å². The van der Waals surface area contributed by atoms with Gasteiger partial charge < -0.3 is 15.6 Å². The molecule has 1 aliphatic heterocycles. The fraction of sp³-hybridized carbons (Fsp3) is 0.200. The molecule has 5 aromatic rings. The molecule has 1 fully saturated rings. The maximum atomic E-state index is 12.9. The number of benzene rings is 3. The summed E-state index contributed by atoms with van der Waals surface area (Å²) in [6.07, 6.45) is 7.99. The Morgan fingerprint density at radius 2 is 1.72 bits per heavy atom. The molecule has 2 aromatic heterocycles. The Bertz CT molecular complexity index is 1550. The fourth-order valence-electron chi connectivity index (χ4n) is 5.57. The van der Waals surface area contributed by atoms with E-state index in [2.05, 4.69) is 46.3 Å². The predicted octanol–water partition coefficient (Wildman–Crippen LogP) is 6.41. The van der Waals surface area contributed by atoms with Crippen LogP contribution < -0.4 is 10.6 Å². The van der Waals surface area contributed by atoms with E-state index in [0.717, 1.165) is 70.1 Å². The van der Waals surface area contributed by atoms with Crippen molar-refractivity contribution in [2.24, 2.45) is 5.73 Å². The van der Waals surface area contributed by atoms with E-state index < -0.39 is 6.03 Å². The molecule has 0 aliphatic carbocycles. The van der Waals surface area contributed by atoms with E-state index in [9.17, 15) is 4.79 Å². The molecule has 6 nitrogen and oxygen atoms in total. The van der Waals surface area contributed by atoms with E-state index >= 15 is 0 Å². The second-order valence-corrected chi connectivity index (χ2v) is 9.64. The number of nitrogens with one attached hydrogen (secondary N) is 1. The van der Waals surface area contributed by atoms with Gasteiger partial charge in [-0.05, 0) is 97.4 Å². The minimum Gasteiger partial charge on any atom is -0.361 e. The Hall–Kier alpha value is -4.16. The van der Waals surface area contributed by atoms with Crippen LogP contribution in [0, 0.1) is 0 Å². The fourth-order valence-corrected chi connectivity index (χ4v) is 5.57. The summed E-state index contributed by atoms with van der Waals surface area (Å²) in [6.45, 7) is 2.19. The molecule has 0 unspecified atom stereocenters. The van der Waals surface area contributed by atoms with Crippen molar-refractivity contribution in [2.45, 2.75) is 18.8 Å². The maximum Gasteiger partial charge on any atom is 0.323 e. The van der Waals surface area contributed by atoms with Crippen molar-refractivity contribution in [1.82, 2.24) is 14.9 Å². The molecule has 6 rings (SSSR count). The Kier molecular flexibility index (Phi) is 5.66. The molecule has 1 aliphatic rings. The second-order valence-electron chi connectivity index (χ2n) is 9.64. The van der Waals surface area contributed by atoms with E-state index in [1.165, 1.54) is 5.56 Å². The minimum absolute atomic E-state index is 0.507. The highest BCUT2D eigenvalue weighted by molar-refractivity contribution is 6.11. The highest BCUT2D eigenvalue weighted by Gasteiger charge is 2.23. The van der Waals surface area contributed by atoms with Gasteiger partial charge in [0.15, 0.2) is 0 Å². The van der Waals surface area contributed by atoms with Crippen LogP contribution in [0.5, 0.6) is 0 Å². The lowest BCUT2D eigenvalue weighted by atomic mass is 9.89. The summed E-state index contributed by atoms with van der Waals surface area (Å²) in [5, 5.41) is 3.18. The number of H-pyrrole nitrogens is 1. The van der Waals surface area contributed by atoms with E-state index in [1.54, 1.807) is 17.3 Å². The van der Waals surface area contributed by atoms with Gasteiger partial charge in [-0.15, -0.1) is 0 Å². The zero-order valence-corrected chi connectivity index (χ0v) is 20.3. The number of likely N-dealkylation sites (tertiary alicyclic amines) is 1. The van der Waals surface area contributed by atoms with Crippen LogP contribution in [0.3, 0.4) is 0 Å². The number of urea groups is 1. The minimum atomic E-state index is -0.507. The SMILES string of the molecule is CN1CCC(c2c[nH]c3ccc(N(C(N)=O)c4ccc(-c5ccncc5)c5ccccc45)cc23)CC1. The van der Waals surface area contributed by atoms with Gasteiger partial charge in [-0.3, -0.25) is 9.88 Å². The first-order chi connectivity index (χ1) is 17.6. The number of nitrogens with zero attached hydrogens (tertiary/aromatic N) is 3. The molecule has 36 heavy (non-hydrogen) atoms. The van der Waals surface area contributed by atoms with Crippen LogP contribution in [-0.4, -0.2) is 41.0 Å². The number of hydrogen-bond donors (Lipinski definition) is 2. The quantitative estimate of drug-likeness (QED) is 0.315. The number of pyridine rings is 1. The number of carbonyl (C=O) groups excluding carboxylic acids is 1. The van der Waals surface area contributed by atoms with Gasteiger partial charge in [-0.2, -0.15) is 0 Å². The van der Waals surface area contributed by atoms with Crippen LogP contribution in [0.25, 0.3) is 32.8 Å². The molecular formula is C30H29N5O. The summed E-state index contributed by atoms with van der Waals surface area (Å²) in [7, 11) is 2.18. The molecule has 3 heterocycles. The molecule has 0 spiro atoms. The van der Waals surface area contributed by atoms with Crippen molar-refractivity contribution in [2.75, 3.05) is 25.0 Å². The zero-order chi connectivity index (χ0) is 24.6. The molecule has 0 saturated carbocycles. The van der Waals surface area contributed by atoms with Crippen LogP contribution in [-0.2, 0) is 0 Å². The molecule has 1 saturated heterocycles. The molecule has 6 heteroatoms. The second kappa shape index (κ2) is 9.13. The number of piperidine rings is 1. The summed E-state index contributed by atoms with van der Waals surface area (Å²) in [5.74, 6) is 0.507. The molecule has 0 atom stereocenters. The van der Waals surface area contributed by atoms with Gasteiger partial charge in [0.1, 0.15) is 0 Å². The van der Waals surface area contributed by atoms with E-state index in [4.69, 9.17) is 5.73 Å². The molecule has 0 radical (unpaired) electrons. The number of amides is 2. The average Bonchev–Trinajstić information content (AvgIpc) is 3.33. The van der Waals surface area contributed by atoms with Gasteiger partial charge in [0.25, 0.3) is 0 Å². The standard InChI is InChI=1S/C30H29N5O/c1-34-16-12-21(13-17-34)27-19-33-28-8-6-22(18-26(27)28)35(30(31)36)29-9-7-23(20-10-14-32-15-11-20)24-4-2-3-5-25(24)29/h2-11,14-15,18-19,21,33H,12-13,16-17H2,1H3,(H2,31,36). The van der Waals surface area contributed by atoms with Crippen LogP contribution >= 0.6 is 0 Å². The zero-order valence-electron chi connectivity index (χ0n) is 20.3. The summed E-state index contributed by atoms with van der Waals surface area (Å²) in [6, 6.07) is 21.8. The third-order valence-electron chi connectivity index (χ3n) is 7.47. The first-order valence-electron chi connectivity index (χ1n) is 12.4. The number of primary amides is 1. The third-order valence-corrected chi connectivity index (χ3v) is 7.47. The van der Waals surface area contributed by atoms with Crippen LogP contribution in [0.1, 0.15) is 24.3 Å². The number of nitrogens with two attached hydrogens (primary N) is 1. The topological polar surface area (TPSA) is 78.3 Å². The highest BCUT2D eigenvalue weighted by atomic mass is 16.2. The number of rotatable bonds is 4. The Labute approximate surface area is 210 Å². The summed E-state index contributed by atoms with van der Waals surface area (Å²) < 4.78 is 0. The van der Waals surface area contributed by atoms with Gasteiger partial charge in [-0.25, -0.2) is 4.79 Å². The molecular weight excluding hydrogens is 446 g/mol. The van der Waals surface area contributed by atoms with Crippen molar-refractivity contribution < 1.29 is 4.79 Å². The summed E-state index contributed by atoms with van der Waals surface area (Å²) >= 11 is 0. The van der Waals surface area contributed by atoms with Crippen LogP contribution in [0.2, 0.25) is 0 Å². The molecule has 2 amide bonds. The van der Waals surface area contributed by atoms with Gasteiger partial charge in [0.05, 0.1) is 11.4 Å². The number of carbonyl (C=O) groups is 1.